The Labute approximate surface area is 183 Å². The summed E-state index contributed by atoms with van der Waals surface area (Å²) in [6.45, 7) is 6.24. The molecular weight excluding hydrogens is 470 g/mol. The van der Waals surface area contributed by atoms with E-state index in [2.05, 4.69) is 32.3 Å². The molecule has 2 heterocycles. The molecule has 28 heavy (non-hydrogen) atoms. The molecule has 0 radical (unpaired) electrons. The molecule has 1 atom stereocenters. The van der Waals surface area contributed by atoms with Crippen molar-refractivity contribution in [3.63, 3.8) is 0 Å². The van der Waals surface area contributed by atoms with Crippen molar-refractivity contribution in [2.75, 3.05) is 26.2 Å². The zero-order valence-corrected chi connectivity index (χ0v) is 18.5. The Bertz CT molecular complexity index is 744. The van der Waals surface area contributed by atoms with Crippen LogP contribution in [0.2, 0.25) is 0 Å². The molecule has 2 aromatic rings. The molecule has 1 aromatic carbocycles. The lowest BCUT2D eigenvalue weighted by molar-refractivity contribution is 0.0906. The minimum absolute atomic E-state index is 0. The Morgan fingerprint density at radius 2 is 2.11 bits per heavy atom. The molecule has 0 aliphatic carbocycles. The molecule has 1 N–H and O–H groups in total. The van der Waals surface area contributed by atoms with Crippen molar-refractivity contribution in [2.24, 2.45) is 10.9 Å². The van der Waals surface area contributed by atoms with Gasteiger partial charge in [-0.05, 0) is 31.0 Å². The summed E-state index contributed by atoms with van der Waals surface area (Å²) in [5, 5.41) is 3.30. The van der Waals surface area contributed by atoms with Gasteiger partial charge in [0, 0.05) is 31.7 Å². The van der Waals surface area contributed by atoms with Crippen molar-refractivity contribution >= 4 is 29.9 Å². The monoisotopic (exact) mass is 498 g/mol. The number of aromatic nitrogens is 1. The molecule has 1 aliphatic rings. The molecule has 0 saturated carbocycles. The number of guanidine groups is 1. The zero-order valence-electron chi connectivity index (χ0n) is 16.2. The highest BCUT2D eigenvalue weighted by Crippen LogP contribution is 2.18. The summed E-state index contributed by atoms with van der Waals surface area (Å²) >= 11 is 0. The Morgan fingerprint density at radius 3 is 2.86 bits per heavy atom. The maximum atomic E-state index is 13.8. The van der Waals surface area contributed by atoms with Crippen LogP contribution in [0.1, 0.15) is 24.6 Å². The van der Waals surface area contributed by atoms with E-state index in [0.717, 1.165) is 38.6 Å². The summed E-state index contributed by atoms with van der Waals surface area (Å²) in [4.78, 5) is 10.9. The van der Waals surface area contributed by atoms with E-state index in [9.17, 15) is 4.39 Å². The maximum absolute atomic E-state index is 13.8. The molecule has 0 amide bonds. The Morgan fingerprint density at radius 1 is 1.29 bits per heavy atom. The van der Waals surface area contributed by atoms with Gasteiger partial charge in [0.1, 0.15) is 5.82 Å². The summed E-state index contributed by atoms with van der Waals surface area (Å²) in [5.74, 6) is 0.975. The number of aliphatic imine (C=N–C) groups is 1. The van der Waals surface area contributed by atoms with Crippen molar-refractivity contribution in [1.82, 2.24) is 15.2 Å². The van der Waals surface area contributed by atoms with Crippen LogP contribution in [0.25, 0.3) is 0 Å². The standard InChI is InChI=1S/C21H27FN4O.HI/c1-2-23-21(25-13-20-19(22)9-6-11-24-20)26-12-10-18(14-26)16-27-15-17-7-4-3-5-8-17;/h3-9,11,18H,2,10,12-16H2,1H3,(H,23,25);1H. The van der Waals surface area contributed by atoms with Gasteiger partial charge in [0.25, 0.3) is 0 Å². The van der Waals surface area contributed by atoms with Crippen LogP contribution < -0.4 is 5.32 Å². The second-order valence-corrected chi connectivity index (χ2v) is 6.70. The van der Waals surface area contributed by atoms with Crippen molar-refractivity contribution in [1.29, 1.82) is 0 Å². The molecule has 5 nitrogen and oxygen atoms in total. The summed E-state index contributed by atoms with van der Waals surface area (Å²) in [6, 6.07) is 13.2. The van der Waals surface area contributed by atoms with E-state index in [1.165, 1.54) is 11.6 Å². The number of ether oxygens (including phenoxy) is 1. The van der Waals surface area contributed by atoms with Crippen LogP contribution in [0, 0.1) is 11.7 Å². The van der Waals surface area contributed by atoms with Gasteiger partial charge >= 0.3 is 0 Å². The largest absolute Gasteiger partial charge is 0.376 e. The molecule has 1 saturated heterocycles. The summed E-state index contributed by atoms with van der Waals surface area (Å²) in [6.07, 6.45) is 2.66. The molecule has 1 unspecified atom stereocenters. The molecule has 152 valence electrons. The fourth-order valence-corrected chi connectivity index (χ4v) is 3.19. The minimum atomic E-state index is -0.314. The van der Waals surface area contributed by atoms with E-state index in [-0.39, 0.29) is 36.3 Å². The number of halogens is 2. The van der Waals surface area contributed by atoms with Gasteiger partial charge in [0.05, 0.1) is 25.5 Å². The van der Waals surface area contributed by atoms with Crippen LogP contribution in [-0.2, 0) is 17.9 Å². The predicted molar refractivity (Wildman–Crippen MR) is 120 cm³/mol. The highest BCUT2D eigenvalue weighted by molar-refractivity contribution is 14.0. The van der Waals surface area contributed by atoms with Gasteiger partial charge in [0.2, 0.25) is 0 Å². The topological polar surface area (TPSA) is 49.8 Å². The Hall–Kier alpha value is -1.74. The van der Waals surface area contributed by atoms with Gasteiger partial charge in [-0.2, -0.15) is 0 Å². The van der Waals surface area contributed by atoms with E-state index in [1.807, 2.05) is 25.1 Å². The predicted octanol–water partition coefficient (Wildman–Crippen LogP) is 3.84. The lowest BCUT2D eigenvalue weighted by Crippen LogP contribution is -2.40. The van der Waals surface area contributed by atoms with Gasteiger partial charge in [-0.3, -0.25) is 4.98 Å². The normalized spacial score (nSPS) is 16.7. The third-order valence-electron chi connectivity index (χ3n) is 4.60. The number of pyridine rings is 1. The van der Waals surface area contributed by atoms with E-state index >= 15 is 0 Å². The van der Waals surface area contributed by atoms with Gasteiger partial charge in [-0.25, -0.2) is 9.38 Å². The first-order valence-electron chi connectivity index (χ1n) is 9.50. The second-order valence-electron chi connectivity index (χ2n) is 6.70. The smallest absolute Gasteiger partial charge is 0.194 e. The quantitative estimate of drug-likeness (QED) is 0.358. The zero-order chi connectivity index (χ0) is 18.9. The molecule has 3 rings (SSSR count). The Kier molecular flexibility index (Phi) is 9.63. The van der Waals surface area contributed by atoms with Crippen molar-refractivity contribution in [3.8, 4) is 0 Å². The van der Waals surface area contributed by atoms with E-state index in [4.69, 9.17) is 4.74 Å². The summed E-state index contributed by atoms with van der Waals surface area (Å²) < 4.78 is 19.7. The van der Waals surface area contributed by atoms with Crippen LogP contribution in [0.4, 0.5) is 4.39 Å². The number of nitrogens with zero attached hydrogens (tertiary/aromatic N) is 3. The average molecular weight is 498 g/mol. The number of nitrogens with one attached hydrogen (secondary N) is 1. The van der Waals surface area contributed by atoms with Gasteiger partial charge < -0.3 is 15.0 Å². The fraction of sp³-hybridized carbons (Fsp3) is 0.429. The van der Waals surface area contributed by atoms with Gasteiger partial charge in [-0.15, -0.1) is 24.0 Å². The van der Waals surface area contributed by atoms with Crippen molar-refractivity contribution in [3.05, 3.63) is 65.7 Å². The first-order valence-corrected chi connectivity index (χ1v) is 9.50. The fourth-order valence-electron chi connectivity index (χ4n) is 3.19. The van der Waals surface area contributed by atoms with Gasteiger partial charge in [0.15, 0.2) is 5.96 Å². The lowest BCUT2D eigenvalue weighted by atomic mass is 10.1. The van der Waals surface area contributed by atoms with E-state index < -0.39 is 0 Å². The maximum Gasteiger partial charge on any atom is 0.194 e. The number of benzene rings is 1. The summed E-state index contributed by atoms with van der Waals surface area (Å²) in [7, 11) is 0. The third kappa shape index (κ3) is 6.70. The molecular formula is C21H28FIN4O. The SMILES string of the molecule is CCNC(=NCc1ncccc1F)N1CCC(COCc2ccccc2)C1.I. The first kappa shape index (κ1) is 22.5. The molecule has 1 aromatic heterocycles. The first-order chi connectivity index (χ1) is 13.3. The van der Waals surface area contributed by atoms with Crippen LogP contribution in [0.3, 0.4) is 0 Å². The number of hydrogen-bond acceptors (Lipinski definition) is 3. The minimum Gasteiger partial charge on any atom is -0.376 e. The lowest BCUT2D eigenvalue weighted by Gasteiger charge is -2.21. The molecule has 1 fully saturated rings. The molecule has 0 spiro atoms. The van der Waals surface area contributed by atoms with Gasteiger partial charge in [-0.1, -0.05) is 30.3 Å². The molecule has 0 bridgehead atoms. The van der Waals surface area contributed by atoms with Crippen LogP contribution in [0.5, 0.6) is 0 Å². The molecule has 7 heteroatoms. The van der Waals surface area contributed by atoms with E-state index in [1.54, 1.807) is 12.3 Å². The van der Waals surface area contributed by atoms with Crippen molar-refractivity contribution < 1.29 is 9.13 Å². The number of rotatable bonds is 7. The highest BCUT2D eigenvalue weighted by Gasteiger charge is 2.25. The number of hydrogen-bond donors (Lipinski definition) is 1. The second kappa shape index (κ2) is 12.0. The summed E-state index contributed by atoms with van der Waals surface area (Å²) in [5.41, 5.74) is 1.56. The molecule has 1 aliphatic heterocycles. The van der Waals surface area contributed by atoms with Crippen LogP contribution >= 0.6 is 24.0 Å². The highest BCUT2D eigenvalue weighted by atomic mass is 127. The van der Waals surface area contributed by atoms with Crippen LogP contribution in [-0.4, -0.2) is 42.1 Å². The third-order valence-corrected chi connectivity index (χ3v) is 4.60. The average Bonchev–Trinajstić information content (AvgIpc) is 3.16. The van der Waals surface area contributed by atoms with Crippen LogP contribution in [0.15, 0.2) is 53.7 Å². The van der Waals surface area contributed by atoms with Crippen molar-refractivity contribution in [2.45, 2.75) is 26.5 Å². The van der Waals surface area contributed by atoms with E-state index in [0.29, 0.717) is 18.2 Å². The Balaban J connectivity index is 0.00000280. The number of likely N-dealkylation sites (tertiary alicyclic amines) is 1.